The van der Waals surface area contributed by atoms with E-state index in [2.05, 4.69) is 16.0 Å². The monoisotopic (exact) mass is 471 g/mol. The van der Waals surface area contributed by atoms with Crippen LogP contribution >= 0.6 is 22.9 Å². The maximum atomic E-state index is 12.4. The Labute approximate surface area is 192 Å². The number of para-hydroxylation sites is 1. The van der Waals surface area contributed by atoms with Crippen LogP contribution in [0.3, 0.4) is 0 Å². The van der Waals surface area contributed by atoms with E-state index in [-0.39, 0.29) is 17.8 Å². The van der Waals surface area contributed by atoms with Crippen molar-refractivity contribution >= 4 is 52.4 Å². The molecular formula is C22H18ClN3O5S. The van der Waals surface area contributed by atoms with Crippen molar-refractivity contribution in [2.24, 2.45) is 0 Å². The predicted octanol–water partition coefficient (Wildman–Crippen LogP) is 3.84. The van der Waals surface area contributed by atoms with Gasteiger partial charge in [0, 0.05) is 15.5 Å². The molecule has 1 heterocycles. The first-order valence-electron chi connectivity index (χ1n) is 9.35. The molecule has 0 fully saturated rings. The molecule has 0 atom stereocenters. The van der Waals surface area contributed by atoms with Crippen LogP contribution in [0.5, 0.6) is 0 Å². The van der Waals surface area contributed by atoms with Crippen LogP contribution in [0.4, 0.5) is 10.5 Å². The molecule has 0 bridgehead atoms. The summed E-state index contributed by atoms with van der Waals surface area (Å²) in [5.41, 5.74) is 0.627. The summed E-state index contributed by atoms with van der Waals surface area (Å²) in [6, 6.07) is 15.4. The summed E-state index contributed by atoms with van der Waals surface area (Å²) in [5.74, 6) is -2.06. The summed E-state index contributed by atoms with van der Waals surface area (Å²) in [7, 11) is 0. The molecule has 4 amide bonds. The first-order valence-corrected chi connectivity index (χ1v) is 10.6. The van der Waals surface area contributed by atoms with Crippen molar-refractivity contribution in [3.63, 3.8) is 0 Å². The van der Waals surface area contributed by atoms with E-state index >= 15 is 0 Å². The molecule has 32 heavy (non-hydrogen) atoms. The number of thiophene rings is 1. The van der Waals surface area contributed by atoms with E-state index in [0.717, 1.165) is 4.88 Å². The second-order valence-electron chi connectivity index (χ2n) is 6.39. The molecule has 0 aliphatic heterocycles. The molecule has 0 saturated carbocycles. The Bertz CT molecular complexity index is 1120. The molecular weight excluding hydrogens is 454 g/mol. The second-order valence-corrected chi connectivity index (χ2v) is 7.86. The molecule has 1 aromatic heterocycles. The number of esters is 1. The summed E-state index contributed by atoms with van der Waals surface area (Å²) >= 11 is 7.29. The van der Waals surface area contributed by atoms with Gasteiger partial charge in [-0.1, -0.05) is 29.8 Å². The quantitative estimate of drug-likeness (QED) is 0.453. The Morgan fingerprint density at radius 1 is 0.938 bits per heavy atom. The first-order chi connectivity index (χ1) is 15.4. The van der Waals surface area contributed by atoms with Gasteiger partial charge >= 0.3 is 12.0 Å². The maximum absolute atomic E-state index is 12.4. The lowest BCUT2D eigenvalue weighted by atomic mass is 10.1. The molecule has 164 valence electrons. The lowest BCUT2D eigenvalue weighted by Crippen LogP contribution is -2.41. The van der Waals surface area contributed by atoms with Crippen molar-refractivity contribution in [1.82, 2.24) is 10.6 Å². The van der Waals surface area contributed by atoms with Gasteiger partial charge in [-0.2, -0.15) is 0 Å². The van der Waals surface area contributed by atoms with E-state index in [1.807, 2.05) is 17.5 Å². The normalized spacial score (nSPS) is 10.2. The summed E-state index contributed by atoms with van der Waals surface area (Å²) in [4.78, 5) is 49.4. The molecule has 3 aromatic rings. The molecule has 0 aliphatic carbocycles. The minimum Gasteiger partial charge on any atom is -0.452 e. The zero-order valence-corrected chi connectivity index (χ0v) is 18.2. The molecule has 0 radical (unpaired) electrons. The zero-order chi connectivity index (χ0) is 22.9. The van der Waals surface area contributed by atoms with E-state index in [4.69, 9.17) is 16.3 Å². The molecule has 10 heteroatoms. The van der Waals surface area contributed by atoms with Crippen molar-refractivity contribution in [1.29, 1.82) is 0 Å². The molecule has 8 nitrogen and oxygen atoms in total. The van der Waals surface area contributed by atoms with Crippen LogP contribution in [0.1, 0.15) is 25.6 Å². The van der Waals surface area contributed by atoms with Gasteiger partial charge in [0.1, 0.15) is 0 Å². The number of amides is 4. The van der Waals surface area contributed by atoms with E-state index < -0.39 is 30.4 Å². The van der Waals surface area contributed by atoms with Crippen LogP contribution in [0.15, 0.2) is 66.0 Å². The number of hydrogen-bond donors (Lipinski definition) is 3. The number of halogens is 1. The number of nitrogens with one attached hydrogen (secondary N) is 3. The minimum absolute atomic E-state index is 0.0600. The van der Waals surface area contributed by atoms with Crippen LogP contribution in [0, 0.1) is 0 Å². The highest BCUT2D eigenvalue weighted by molar-refractivity contribution is 7.09. The largest absolute Gasteiger partial charge is 0.452 e. The maximum Gasteiger partial charge on any atom is 0.340 e. The molecule has 0 unspecified atom stereocenters. The van der Waals surface area contributed by atoms with E-state index in [1.165, 1.54) is 23.5 Å². The van der Waals surface area contributed by atoms with Gasteiger partial charge in [0.15, 0.2) is 6.61 Å². The topological polar surface area (TPSA) is 114 Å². The smallest absolute Gasteiger partial charge is 0.340 e. The number of ether oxygens (including phenoxy) is 1. The average molecular weight is 472 g/mol. The second kappa shape index (κ2) is 11.1. The molecule has 0 spiro atoms. The number of carbonyl (C=O) groups is 4. The van der Waals surface area contributed by atoms with Crippen molar-refractivity contribution < 1.29 is 23.9 Å². The van der Waals surface area contributed by atoms with Crippen LogP contribution in [0.2, 0.25) is 5.02 Å². The van der Waals surface area contributed by atoms with Crippen molar-refractivity contribution in [3.8, 4) is 0 Å². The molecule has 2 aromatic carbocycles. The number of hydrogen-bond acceptors (Lipinski definition) is 6. The highest BCUT2D eigenvalue weighted by Gasteiger charge is 2.17. The lowest BCUT2D eigenvalue weighted by Gasteiger charge is -2.11. The summed E-state index contributed by atoms with van der Waals surface area (Å²) in [5, 5.41) is 9.60. The number of imide groups is 1. The SMILES string of the molecule is O=C(COC(=O)c1ccccc1NC(=O)c1ccc(Cl)cc1)NC(=O)NCc1cccs1. The van der Waals surface area contributed by atoms with Crippen molar-refractivity contribution in [2.75, 3.05) is 11.9 Å². The van der Waals surface area contributed by atoms with Crippen LogP contribution in [-0.2, 0) is 16.1 Å². The minimum atomic E-state index is -0.828. The number of rotatable bonds is 7. The highest BCUT2D eigenvalue weighted by atomic mass is 35.5. The van der Waals surface area contributed by atoms with E-state index in [9.17, 15) is 19.2 Å². The van der Waals surface area contributed by atoms with Gasteiger partial charge < -0.3 is 15.4 Å². The standard InChI is InChI=1S/C22H18ClN3O5S/c23-15-9-7-14(8-10-15)20(28)25-18-6-2-1-5-17(18)21(29)31-13-19(27)26-22(30)24-12-16-4-3-11-32-16/h1-11H,12-13H2,(H,25,28)(H2,24,26,27,30). The Balaban J connectivity index is 1.52. The van der Waals surface area contributed by atoms with Crippen molar-refractivity contribution in [2.45, 2.75) is 6.54 Å². The third-order valence-electron chi connectivity index (χ3n) is 4.09. The van der Waals surface area contributed by atoms with Crippen LogP contribution in [-0.4, -0.2) is 30.4 Å². The summed E-state index contributed by atoms with van der Waals surface area (Å²) in [6.07, 6.45) is 0. The van der Waals surface area contributed by atoms with Gasteiger partial charge in [0.25, 0.3) is 11.8 Å². The van der Waals surface area contributed by atoms with Crippen molar-refractivity contribution in [3.05, 3.63) is 87.1 Å². The predicted molar refractivity (Wildman–Crippen MR) is 121 cm³/mol. The third-order valence-corrected chi connectivity index (χ3v) is 5.22. The fourth-order valence-electron chi connectivity index (χ4n) is 2.56. The van der Waals surface area contributed by atoms with E-state index in [0.29, 0.717) is 10.6 Å². The zero-order valence-electron chi connectivity index (χ0n) is 16.6. The van der Waals surface area contributed by atoms with Gasteiger partial charge in [0.05, 0.1) is 17.8 Å². The third kappa shape index (κ3) is 6.66. The summed E-state index contributed by atoms with van der Waals surface area (Å²) < 4.78 is 4.99. The number of carbonyl (C=O) groups excluding carboxylic acids is 4. The molecule has 0 aliphatic rings. The van der Waals surface area contributed by atoms with Gasteiger partial charge in [-0.05, 0) is 47.8 Å². The Morgan fingerprint density at radius 3 is 2.41 bits per heavy atom. The van der Waals surface area contributed by atoms with Gasteiger partial charge in [0.2, 0.25) is 0 Å². The van der Waals surface area contributed by atoms with Gasteiger partial charge in [-0.3, -0.25) is 14.9 Å². The fourth-order valence-corrected chi connectivity index (χ4v) is 3.33. The molecule has 0 saturated heterocycles. The number of urea groups is 1. The number of anilines is 1. The average Bonchev–Trinajstić information content (AvgIpc) is 3.30. The number of benzene rings is 2. The van der Waals surface area contributed by atoms with Crippen LogP contribution in [0.25, 0.3) is 0 Å². The molecule has 3 N–H and O–H groups in total. The first kappa shape index (κ1) is 23.0. The Hall–Kier alpha value is -3.69. The van der Waals surface area contributed by atoms with Gasteiger partial charge in [-0.25, -0.2) is 9.59 Å². The fraction of sp³-hybridized carbons (Fsp3) is 0.0909. The lowest BCUT2D eigenvalue weighted by molar-refractivity contribution is -0.123. The van der Waals surface area contributed by atoms with Gasteiger partial charge in [-0.15, -0.1) is 11.3 Å². The Kier molecular flexibility index (Phi) is 7.96. The summed E-state index contributed by atoms with van der Waals surface area (Å²) in [6.45, 7) is -0.387. The molecule has 3 rings (SSSR count). The van der Waals surface area contributed by atoms with E-state index in [1.54, 1.807) is 36.4 Å². The Morgan fingerprint density at radius 2 is 1.69 bits per heavy atom. The highest BCUT2D eigenvalue weighted by Crippen LogP contribution is 2.18. The van der Waals surface area contributed by atoms with Crippen LogP contribution < -0.4 is 16.0 Å².